The molecular formula is C22H24N4O2S. The van der Waals surface area contributed by atoms with Crippen molar-refractivity contribution in [2.75, 3.05) is 26.2 Å². The fourth-order valence-electron chi connectivity index (χ4n) is 4.37. The molecule has 0 bridgehead atoms. The molecule has 1 atom stereocenters. The maximum atomic E-state index is 12.9. The number of benzene rings is 1. The van der Waals surface area contributed by atoms with E-state index in [-0.39, 0.29) is 17.7 Å². The summed E-state index contributed by atoms with van der Waals surface area (Å²) >= 11 is 1.72. The fraction of sp³-hybridized carbons (Fsp3) is 0.409. The second-order valence-corrected chi connectivity index (χ2v) is 8.94. The van der Waals surface area contributed by atoms with Crippen LogP contribution in [0.2, 0.25) is 0 Å². The number of para-hydroxylation sites is 1. The van der Waals surface area contributed by atoms with Crippen LogP contribution in [0.5, 0.6) is 0 Å². The Morgan fingerprint density at radius 2 is 1.97 bits per heavy atom. The SMILES string of the molecule is O=C(CN1CCC[C@H]1c1nc2ccccc2s1)c1c[nH]c(C(=O)N2CCCC2)c1. The molecule has 1 N–H and O–H groups in total. The number of aromatic nitrogens is 2. The third-order valence-corrected chi connectivity index (χ3v) is 7.07. The van der Waals surface area contributed by atoms with Gasteiger partial charge < -0.3 is 9.88 Å². The number of hydrogen-bond donors (Lipinski definition) is 1. The van der Waals surface area contributed by atoms with E-state index in [1.807, 2.05) is 23.1 Å². The first-order valence-electron chi connectivity index (χ1n) is 10.3. The first-order valence-corrected chi connectivity index (χ1v) is 11.1. The van der Waals surface area contributed by atoms with Gasteiger partial charge in [-0.1, -0.05) is 12.1 Å². The quantitative estimate of drug-likeness (QED) is 0.651. The first-order chi connectivity index (χ1) is 14.2. The lowest BCUT2D eigenvalue weighted by Gasteiger charge is -2.21. The second kappa shape index (κ2) is 7.72. The van der Waals surface area contributed by atoms with E-state index in [1.54, 1.807) is 23.6 Å². The zero-order valence-corrected chi connectivity index (χ0v) is 17.1. The van der Waals surface area contributed by atoms with Crippen molar-refractivity contribution in [1.82, 2.24) is 19.8 Å². The van der Waals surface area contributed by atoms with Crippen LogP contribution in [0.1, 0.15) is 57.6 Å². The van der Waals surface area contributed by atoms with Crippen LogP contribution in [0, 0.1) is 0 Å². The minimum absolute atomic E-state index is 0.00456. The topological polar surface area (TPSA) is 69.3 Å². The Bertz CT molecular complexity index is 1020. The van der Waals surface area contributed by atoms with Crippen LogP contribution in [-0.4, -0.2) is 57.6 Å². The average molecular weight is 409 g/mol. The van der Waals surface area contributed by atoms with E-state index >= 15 is 0 Å². The third-order valence-electron chi connectivity index (χ3n) is 5.93. The number of aromatic amines is 1. The highest BCUT2D eigenvalue weighted by molar-refractivity contribution is 7.18. The van der Waals surface area contributed by atoms with Gasteiger partial charge in [0.25, 0.3) is 5.91 Å². The van der Waals surface area contributed by atoms with Crippen molar-refractivity contribution in [3.8, 4) is 0 Å². The number of amides is 1. The number of nitrogens with one attached hydrogen (secondary N) is 1. The van der Waals surface area contributed by atoms with E-state index in [0.717, 1.165) is 55.8 Å². The highest BCUT2D eigenvalue weighted by Gasteiger charge is 2.31. The molecule has 4 heterocycles. The van der Waals surface area contributed by atoms with Gasteiger partial charge in [-0.25, -0.2) is 4.98 Å². The molecule has 0 radical (unpaired) electrons. The van der Waals surface area contributed by atoms with Crippen LogP contribution in [-0.2, 0) is 0 Å². The van der Waals surface area contributed by atoms with E-state index in [9.17, 15) is 9.59 Å². The molecule has 6 nitrogen and oxygen atoms in total. The van der Waals surface area contributed by atoms with Crippen LogP contribution >= 0.6 is 11.3 Å². The lowest BCUT2D eigenvalue weighted by molar-refractivity contribution is 0.0787. The van der Waals surface area contributed by atoms with E-state index < -0.39 is 0 Å². The number of carbonyl (C=O) groups excluding carboxylic acids is 2. The van der Waals surface area contributed by atoms with E-state index in [0.29, 0.717) is 17.8 Å². The number of likely N-dealkylation sites (tertiary alicyclic amines) is 2. The highest BCUT2D eigenvalue weighted by atomic mass is 32.1. The van der Waals surface area contributed by atoms with Crippen LogP contribution in [0.15, 0.2) is 36.5 Å². The summed E-state index contributed by atoms with van der Waals surface area (Å²) in [7, 11) is 0. The van der Waals surface area contributed by atoms with Gasteiger partial charge in [0, 0.05) is 24.8 Å². The van der Waals surface area contributed by atoms with Crippen molar-refractivity contribution in [2.45, 2.75) is 31.7 Å². The Balaban J connectivity index is 1.29. The van der Waals surface area contributed by atoms with Gasteiger partial charge in [0.2, 0.25) is 0 Å². The zero-order valence-electron chi connectivity index (χ0n) is 16.3. The normalized spacial score (nSPS) is 20.0. The smallest absolute Gasteiger partial charge is 0.270 e. The van der Waals surface area contributed by atoms with Gasteiger partial charge >= 0.3 is 0 Å². The number of fused-ring (bicyclic) bond motifs is 1. The Kier molecular flexibility index (Phi) is 4.93. The summed E-state index contributed by atoms with van der Waals surface area (Å²) in [6.07, 6.45) is 5.88. The van der Waals surface area contributed by atoms with Crippen molar-refractivity contribution in [3.05, 3.63) is 52.8 Å². The summed E-state index contributed by atoms with van der Waals surface area (Å²) < 4.78 is 1.19. The number of nitrogens with zero attached hydrogens (tertiary/aromatic N) is 3. The Hall–Kier alpha value is -2.51. The summed E-state index contributed by atoms with van der Waals surface area (Å²) in [5.41, 5.74) is 2.13. The molecule has 0 aliphatic carbocycles. The maximum Gasteiger partial charge on any atom is 0.270 e. The second-order valence-electron chi connectivity index (χ2n) is 7.87. The highest BCUT2D eigenvalue weighted by Crippen LogP contribution is 2.36. The minimum Gasteiger partial charge on any atom is -0.356 e. The number of Topliss-reactive ketones (excluding diaryl/α,β-unsaturated/α-hetero) is 1. The molecule has 1 aromatic carbocycles. The van der Waals surface area contributed by atoms with Gasteiger partial charge in [0.05, 0.1) is 22.8 Å². The summed E-state index contributed by atoms with van der Waals surface area (Å²) in [5, 5.41) is 1.09. The molecule has 1 amide bonds. The van der Waals surface area contributed by atoms with Gasteiger partial charge in [-0.2, -0.15) is 0 Å². The number of ketones is 1. The summed E-state index contributed by atoms with van der Waals surface area (Å²) in [6.45, 7) is 2.86. The van der Waals surface area contributed by atoms with Gasteiger partial charge in [0.1, 0.15) is 10.7 Å². The molecule has 2 aromatic heterocycles. The predicted molar refractivity (Wildman–Crippen MR) is 113 cm³/mol. The largest absolute Gasteiger partial charge is 0.356 e. The van der Waals surface area contributed by atoms with Gasteiger partial charge in [-0.05, 0) is 50.4 Å². The Morgan fingerprint density at radius 1 is 1.14 bits per heavy atom. The van der Waals surface area contributed by atoms with Gasteiger partial charge in [-0.15, -0.1) is 11.3 Å². The molecule has 2 aliphatic heterocycles. The van der Waals surface area contributed by atoms with Crippen LogP contribution in [0.3, 0.4) is 0 Å². The molecule has 2 aliphatic rings. The summed E-state index contributed by atoms with van der Waals surface area (Å²) in [5.74, 6) is 0.0461. The molecule has 0 spiro atoms. The number of carbonyl (C=O) groups is 2. The van der Waals surface area contributed by atoms with Crippen molar-refractivity contribution in [3.63, 3.8) is 0 Å². The average Bonchev–Trinajstić information content (AvgIpc) is 3.53. The Morgan fingerprint density at radius 3 is 2.79 bits per heavy atom. The first kappa shape index (κ1) is 18.5. The zero-order chi connectivity index (χ0) is 19.8. The van der Waals surface area contributed by atoms with Crippen LogP contribution < -0.4 is 0 Å². The van der Waals surface area contributed by atoms with Crippen LogP contribution in [0.25, 0.3) is 10.2 Å². The standard InChI is InChI=1S/C22H24N4O2S/c27-19(15-12-17(23-13-15)22(28)25-9-3-4-10-25)14-26-11-5-7-18(26)21-24-16-6-1-2-8-20(16)29-21/h1-2,6,8,12-13,18,23H,3-5,7,9-11,14H2/t18-/m0/s1. The Labute approximate surface area is 173 Å². The minimum atomic E-state index is -0.00456. The molecule has 0 unspecified atom stereocenters. The van der Waals surface area contributed by atoms with Gasteiger partial charge in [-0.3, -0.25) is 14.5 Å². The maximum absolute atomic E-state index is 12.9. The number of thiazole rings is 1. The third kappa shape index (κ3) is 3.60. The van der Waals surface area contributed by atoms with E-state index in [1.165, 1.54) is 4.70 Å². The lowest BCUT2D eigenvalue weighted by Crippen LogP contribution is -2.29. The number of rotatable bonds is 5. The molecular weight excluding hydrogens is 384 g/mol. The van der Waals surface area contributed by atoms with Crippen molar-refractivity contribution in [1.29, 1.82) is 0 Å². The van der Waals surface area contributed by atoms with Gasteiger partial charge in [0.15, 0.2) is 5.78 Å². The molecule has 3 aromatic rings. The fourth-order valence-corrected chi connectivity index (χ4v) is 5.51. The predicted octanol–water partition coefficient (Wildman–Crippen LogP) is 3.88. The molecule has 2 saturated heterocycles. The molecule has 29 heavy (non-hydrogen) atoms. The molecule has 5 rings (SSSR count). The molecule has 0 saturated carbocycles. The van der Waals surface area contributed by atoms with Crippen molar-refractivity contribution >= 4 is 33.2 Å². The molecule has 7 heteroatoms. The van der Waals surface area contributed by atoms with Crippen molar-refractivity contribution in [2.24, 2.45) is 0 Å². The molecule has 2 fully saturated rings. The summed E-state index contributed by atoms with van der Waals surface area (Å²) in [6, 6.07) is 10.1. The van der Waals surface area contributed by atoms with E-state index in [2.05, 4.69) is 16.0 Å². The van der Waals surface area contributed by atoms with Crippen LogP contribution in [0.4, 0.5) is 0 Å². The number of H-pyrrole nitrogens is 1. The monoisotopic (exact) mass is 408 g/mol. The lowest BCUT2D eigenvalue weighted by atomic mass is 10.1. The van der Waals surface area contributed by atoms with E-state index in [4.69, 9.17) is 4.98 Å². The summed E-state index contributed by atoms with van der Waals surface area (Å²) in [4.78, 5) is 37.3. The number of hydrogen-bond acceptors (Lipinski definition) is 5. The molecule has 150 valence electrons. The van der Waals surface area contributed by atoms with Crippen molar-refractivity contribution < 1.29 is 9.59 Å².